The topological polar surface area (TPSA) is 79.5 Å². The number of hydrogen-bond donors (Lipinski definition) is 3. The molecule has 110 valence electrons. The van der Waals surface area contributed by atoms with Gasteiger partial charge in [0.15, 0.2) is 5.96 Å². The van der Waals surface area contributed by atoms with Gasteiger partial charge < -0.3 is 16.4 Å². The van der Waals surface area contributed by atoms with Gasteiger partial charge in [-0.05, 0) is 30.2 Å². The van der Waals surface area contributed by atoms with Gasteiger partial charge >= 0.3 is 0 Å². The Bertz CT molecular complexity index is 457. The van der Waals surface area contributed by atoms with Crippen LogP contribution in [0, 0.1) is 5.92 Å². The maximum absolute atomic E-state index is 11.8. The van der Waals surface area contributed by atoms with E-state index in [0.29, 0.717) is 42.1 Å². The molecule has 1 rings (SSSR count). The maximum Gasteiger partial charge on any atom is 0.251 e. The molecule has 20 heavy (non-hydrogen) atoms. The Hall–Kier alpha value is -1.75. The zero-order valence-electron chi connectivity index (χ0n) is 11.8. The summed E-state index contributed by atoms with van der Waals surface area (Å²) in [6.45, 7) is 5.84. The van der Waals surface area contributed by atoms with E-state index in [1.54, 1.807) is 24.3 Å². The molecular weight excluding hydrogens is 276 g/mol. The van der Waals surface area contributed by atoms with Crippen molar-refractivity contribution < 1.29 is 4.79 Å². The van der Waals surface area contributed by atoms with E-state index in [-0.39, 0.29) is 5.91 Å². The van der Waals surface area contributed by atoms with Gasteiger partial charge in [-0.15, -0.1) is 0 Å². The monoisotopic (exact) mass is 296 g/mol. The third-order valence-electron chi connectivity index (χ3n) is 2.45. The summed E-state index contributed by atoms with van der Waals surface area (Å²) in [5.41, 5.74) is 6.26. The summed E-state index contributed by atoms with van der Waals surface area (Å²) in [7, 11) is 0. The Morgan fingerprint density at radius 1 is 1.25 bits per heavy atom. The minimum absolute atomic E-state index is 0.138. The van der Waals surface area contributed by atoms with Crippen molar-refractivity contribution in [3.8, 4) is 0 Å². The molecule has 0 atom stereocenters. The highest BCUT2D eigenvalue weighted by Gasteiger charge is 2.03. The Morgan fingerprint density at radius 3 is 2.45 bits per heavy atom. The fourth-order valence-corrected chi connectivity index (χ4v) is 1.53. The number of rotatable bonds is 6. The molecule has 0 saturated carbocycles. The number of aliphatic imine (C=N–C) groups is 1. The Labute approximate surface area is 124 Å². The lowest BCUT2D eigenvalue weighted by atomic mass is 10.2. The predicted octanol–water partition coefficient (Wildman–Crippen LogP) is 1.63. The van der Waals surface area contributed by atoms with Crippen LogP contribution in [-0.4, -0.2) is 31.5 Å². The number of carbonyl (C=O) groups excluding carboxylic acids is 1. The van der Waals surface area contributed by atoms with Gasteiger partial charge in [-0.25, -0.2) is 0 Å². The third kappa shape index (κ3) is 6.43. The van der Waals surface area contributed by atoms with Crippen LogP contribution < -0.4 is 16.4 Å². The predicted molar refractivity (Wildman–Crippen MR) is 83.1 cm³/mol. The molecule has 0 aliphatic heterocycles. The molecule has 0 spiro atoms. The first-order chi connectivity index (χ1) is 9.49. The number of nitrogens with zero attached hydrogens (tertiary/aromatic N) is 1. The lowest BCUT2D eigenvalue weighted by Crippen LogP contribution is -2.38. The summed E-state index contributed by atoms with van der Waals surface area (Å²) in [5, 5.41) is 6.34. The van der Waals surface area contributed by atoms with Crippen molar-refractivity contribution in [2.75, 3.05) is 19.6 Å². The standard InChI is InChI=1S/C14H21ClN4O/c1-10(2)9-19-14(16)18-8-7-17-13(20)11-3-5-12(15)6-4-11/h3-6,10H,7-9H2,1-2H3,(H,17,20)(H3,16,18,19). The maximum atomic E-state index is 11.8. The highest BCUT2D eigenvalue weighted by Crippen LogP contribution is 2.08. The zero-order valence-corrected chi connectivity index (χ0v) is 12.6. The van der Waals surface area contributed by atoms with Gasteiger partial charge in [0.05, 0.1) is 0 Å². The number of nitrogens with two attached hydrogens (primary N) is 1. The molecule has 0 aliphatic rings. The van der Waals surface area contributed by atoms with Gasteiger partial charge in [-0.1, -0.05) is 25.4 Å². The van der Waals surface area contributed by atoms with Gasteiger partial charge in [0.1, 0.15) is 0 Å². The fraction of sp³-hybridized carbons (Fsp3) is 0.429. The van der Waals surface area contributed by atoms with Crippen LogP contribution in [0.2, 0.25) is 5.02 Å². The van der Waals surface area contributed by atoms with Gasteiger partial charge in [0.25, 0.3) is 5.91 Å². The molecule has 0 aromatic heterocycles. The number of guanidine groups is 1. The van der Waals surface area contributed by atoms with Crippen LogP contribution in [0.25, 0.3) is 0 Å². The van der Waals surface area contributed by atoms with Crippen molar-refractivity contribution >= 4 is 23.5 Å². The molecule has 0 heterocycles. The molecule has 0 bridgehead atoms. The van der Waals surface area contributed by atoms with Crippen LogP contribution in [-0.2, 0) is 0 Å². The minimum Gasteiger partial charge on any atom is -0.370 e. The van der Waals surface area contributed by atoms with Crippen molar-refractivity contribution in [1.82, 2.24) is 10.6 Å². The van der Waals surface area contributed by atoms with Crippen LogP contribution in [0.5, 0.6) is 0 Å². The van der Waals surface area contributed by atoms with E-state index in [4.69, 9.17) is 17.3 Å². The normalized spacial score (nSPS) is 11.5. The quantitative estimate of drug-likeness (QED) is 0.424. The summed E-state index contributed by atoms with van der Waals surface area (Å²) in [6, 6.07) is 6.74. The van der Waals surface area contributed by atoms with Crippen molar-refractivity contribution in [3.05, 3.63) is 34.9 Å². The molecule has 0 saturated heterocycles. The summed E-state index contributed by atoms with van der Waals surface area (Å²) >= 11 is 5.76. The van der Waals surface area contributed by atoms with Crippen LogP contribution >= 0.6 is 11.6 Å². The van der Waals surface area contributed by atoms with Crippen molar-refractivity contribution in [3.63, 3.8) is 0 Å². The van der Waals surface area contributed by atoms with E-state index >= 15 is 0 Å². The molecule has 1 aromatic rings. The van der Waals surface area contributed by atoms with Crippen LogP contribution in [0.3, 0.4) is 0 Å². The molecule has 0 aliphatic carbocycles. The van der Waals surface area contributed by atoms with Crippen LogP contribution in [0.15, 0.2) is 29.3 Å². The van der Waals surface area contributed by atoms with Crippen molar-refractivity contribution in [1.29, 1.82) is 0 Å². The lowest BCUT2D eigenvalue weighted by molar-refractivity contribution is 0.0954. The summed E-state index contributed by atoms with van der Waals surface area (Å²) in [4.78, 5) is 15.9. The molecule has 0 radical (unpaired) electrons. The second-order valence-corrected chi connectivity index (χ2v) is 5.25. The highest BCUT2D eigenvalue weighted by atomic mass is 35.5. The zero-order chi connectivity index (χ0) is 15.0. The van der Waals surface area contributed by atoms with Gasteiger partial charge in [0.2, 0.25) is 0 Å². The minimum atomic E-state index is -0.138. The van der Waals surface area contributed by atoms with E-state index in [1.807, 2.05) is 0 Å². The van der Waals surface area contributed by atoms with Crippen molar-refractivity contribution in [2.45, 2.75) is 13.8 Å². The van der Waals surface area contributed by atoms with Crippen LogP contribution in [0.1, 0.15) is 24.2 Å². The van der Waals surface area contributed by atoms with E-state index in [1.165, 1.54) is 0 Å². The first-order valence-electron chi connectivity index (χ1n) is 6.56. The molecule has 6 heteroatoms. The average molecular weight is 297 g/mol. The molecule has 1 amide bonds. The van der Waals surface area contributed by atoms with Gasteiger partial charge in [0, 0.05) is 30.2 Å². The summed E-state index contributed by atoms with van der Waals surface area (Å²) in [6.07, 6.45) is 0. The molecule has 5 nitrogen and oxygen atoms in total. The number of amides is 1. The highest BCUT2D eigenvalue weighted by molar-refractivity contribution is 6.30. The summed E-state index contributed by atoms with van der Waals surface area (Å²) < 4.78 is 0. The Morgan fingerprint density at radius 2 is 1.85 bits per heavy atom. The van der Waals surface area contributed by atoms with E-state index in [2.05, 4.69) is 29.5 Å². The first kappa shape index (κ1) is 16.3. The fourth-order valence-electron chi connectivity index (χ4n) is 1.41. The molecule has 4 N–H and O–H groups in total. The second-order valence-electron chi connectivity index (χ2n) is 4.81. The second kappa shape index (κ2) is 8.43. The molecule has 1 aromatic carbocycles. The van der Waals surface area contributed by atoms with Crippen molar-refractivity contribution in [2.24, 2.45) is 16.6 Å². The van der Waals surface area contributed by atoms with E-state index in [9.17, 15) is 4.79 Å². The number of carbonyl (C=O) groups is 1. The Kier molecular flexibility index (Phi) is 6.87. The summed E-state index contributed by atoms with van der Waals surface area (Å²) in [5.74, 6) is 0.737. The smallest absolute Gasteiger partial charge is 0.251 e. The number of benzene rings is 1. The number of nitrogens with one attached hydrogen (secondary N) is 2. The average Bonchev–Trinajstić information content (AvgIpc) is 2.42. The largest absolute Gasteiger partial charge is 0.370 e. The lowest BCUT2D eigenvalue weighted by Gasteiger charge is -2.08. The van der Waals surface area contributed by atoms with Gasteiger partial charge in [-0.2, -0.15) is 0 Å². The number of halogens is 1. The third-order valence-corrected chi connectivity index (χ3v) is 2.70. The number of hydrogen-bond acceptors (Lipinski definition) is 2. The molecule has 0 unspecified atom stereocenters. The first-order valence-corrected chi connectivity index (χ1v) is 6.94. The SMILES string of the molecule is CC(C)CN=C(N)NCCNC(=O)c1ccc(Cl)cc1. The van der Waals surface area contributed by atoms with Crippen LogP contribution in [0.4, 0.5) is 0 Å². The van der Waals surface area contributed by atoms with E-state index < -0.39 is 0 Å². The Balaban J connectivity index is 2.25. The molecular formula is C14H21ClN4O. The van der Waals surface area contributed by atoms with E-state index in [0.717, 1.165) is 0 Å². The molecule has 0 fully saturated rings. The van der Waals surface area contributed by atoms with Gasteiger partial charge in [-0.3, -0.25) is 9.79 Å².